The van der Waals surface area contributed by atoms with E-state index in [1.165, 1.54) is 0 Å². The zero-order valence-electron chi connectivity index (χ0n) is 14.8. The summed E-state index contributed by atoms with van der Waals surface area (Å²) in [5.41, 5.74) is -0.450. The fourth-order valence-electron chi connectivity index (χ4n) is 3.01. The van der Waals surface area contributed by atoms with E-state index in [1.54, 1.807) is 16.7 Å². The molecule has 2 rings (SSSR count). The number of nitrogens with zero attached hydrogens (tertiary/aromatic N) is 1. The lowest BCUT2D eigenvalue weighted by Crippen LogP contribution is -2.51. The third-order valence-electron chi connectivity index (χ3n) is 4.42. The molecule has 2 heterocycles. The summed E-state index contributed by atoms with van der Waals surface area (Å²) in [5.74, 6) is 1.33. The van der Waals surface area contributed by atoms with Crippen molar-refractivity contribution in [3.63, 3.8) is 0 Å². The molecular formula is C17H30N2O3S. The Bertz CT molecular complexity index is 430. The molecule has 2 fully saturated rings. The van der Waals surface area contributed by atoms with Gasteiger partial charge in [-0.2, -0.15) is 0 Å². The quantitative estimate of drug-likeness (QED) is 0.833. The van der Waals surface area contributed by atoms with E-state index in [4.69, 9.17) is 4.74 Å². The molecule has 2 aliphatic heterocycles. The number of hydrogen-bond acceptors (Lipinski definition) is 4. The van der Waals surface area contributed by atoms with Gasteiger partial charge in [-0.3, -0.25) is 9.59 Å². The zero-order chi connectivity index (χ0) is 17.0. The number of amides is 2. The fraction of sp³-hybridized carbons (Fsp3) is 0.882. The molecule has 3 atom stereocenters. The zero-order valence-corrected chi connectivity index (χ0v) is 15.6. The largest absolute Gasteiger partial charge is 0.378 e. The van der Waals surface area contributed by atoms with E-state index in [0.29, 0.717) is 17.7 Å². The van der Waals surface area contributed by atoms with Crippen LogP contribution in [-0.4, -0.2) is 53.1 Å². The van der Waals surface area contributed by atoms with Crippen LogP contribution < -0.4 is 5.32 Å². The van der Waals surface area contributed by atoms with Crippen molar-refractivity contribution in [3.8, 4) is 0 Å². The van der Waals surface area contributed by atoms with Gasteiger partial charge in [0.2, 0.25) is 11.8 Å². The van der Waals surface area contributed by atoms with Gasteiger partial charge in [-0.1, -0.05) is 20.8 Å². The molecular weight excluding hydrogens is 312 g/mol. The Morgan fingerprint density at radius 2 is 2.13 bits per heavy atom. The molecule has 0 aromatic heterocycles. The van der Waals surface area contributed by atoms with Gasteiger partial charge < -0.3 is 15.0 Å². The van der Waals surface area contributed by atoms with E-state index < -0.39 is 5.41 Å². The standard InChI is InChI=1S/C17H30N2O3S/c1-12(7-8-13-6-5-9-22-13)18-15(20)14-10-23-11-19(14)16(21)17(2,3)4/h12-14H,5-11H2,1-4H3,(H,18,20). The normalized spacial score (nSPS) is 26.3. The van der Waals surface area contributed by atoms with Crippen LogP contribution in [0.2, 0.25) is 0 Å². The first-order valence-electron chi connectivity index (χ1n) is 8.60. The number of carbonyl (C=O) groups excluding carboxylic acids is 2. The molecule has 0 bridgehead atoms. The van der Waals surface area contributed by atoms with Crippen LogP contribution in [0, 0.1) is 5.41 Å². The smallest absolute Gasteiger partial charge is 0.243 e. The van der Waals surface area contributed by atoms with Crippen LogP contribution in [0.25, 0.3) is 0 Å². The fourth-order valence-corrected chi connectivity index (χ4v) is 4.16. The van der Waals surface area contributed by atoms with E-state index >= 15 is 0 Å². The first kappa shape index (κ1) is 18.6. The molecule has 2 amide bonds. The van der Waals surface area contributed by atoms with Crippen LogP contribution in [0.4, 0.5) is 0 Å². The van der Waals surface area contributed by atoms with Crippen molar-refractivity contribution in [2.75, 3.05) is 18.2 Å². The van der Waals surface area contributed by atoms with Crippen LogP contribution in [-0.2, 0) is 14.3 Å². The Hall–Kier alpha value is -0.750. The van der Waals surface area contributed by atoms with E-state index in [2.05, 4.69) is 5.32 Å². The maximum absolute atomic E-state index is 12.5. The average Bonchev–Trinajstić information content (AvgIpc) is 3.14. The number of ether oxygens (including phenoxy) is 1. The second-order valence-corrected chi connectivity index (χ2v) is 8.66. The lowest BCUT2D eigenvalue weighted by molar-refractivity contribution is -0.144. The minimum Gasteiger partial charge on any atom is -0.378 e. The third-order valence-corrected chi connectivity index (χ3v) is 5.43. The van der Waals surface area contributed by atoms with Gasteiger partial charge in [0.15, 0.2) is 0 Å². The number of rotatable bonds is 5. The molecule has 0 radical (unpaired) electrons. The summed E-state index contributed by atoms with van der Waals surface area (Å²) < 4.78 is 5.63. The molecule has 0 aliphatic carbocycles. The Kier molecular flexibility index (Phi) is 6.37. The summed E-state index contributed by atoms with van der Waals surface area (Å²) in [5, 5.41) is 3.08. The highest BCUT2D eigenvalue weighted by molar-refractivity contribution is 7.99. The van der Waals surface area contributed by atoms with Crippen molar-refractivity contribution in [3.05, 3.63) is 0 Å². The first-order chi connectivity index (χ1) is 10.8. The molecule has 2 saturated heterocycles. The number of nitrogens with one attached hydrogen (secondary N) is 1. The van der Waals surface area contributed by atoms with Crippen molar-refractivity contribution in [1.29, 1.82) is 0 Å². The highest BCUT2D eigenvalue weighted by Crippen LogP contribution is 2.27. The monoisotopic (exact) mass is 342 g/mol. The third kappa shape index (κ3) is 5.11. The van der Waals surface area contributed by atoms with E-state index in [-0.39, 0.29) is 23.9 Å². The Balaban J connectivity index is 1.82. The molecule has 2 aliphatic rings. The van der Waals surface area contributed by atoms with Gasteiger partial charge >= 0.3 is 0 Å². The van der Waals surface area contributed by atoms with Crippen LogP contribution in [0.3, 0.4) is 0 Å². The number of carbonyl (C=O) groups is 2. The van der Waals surface area contributed by atoms with Crippen LogP contribution in [0.5, 0.6) is 0 Å². The number of hydrogen-bond donors (Lipinski definition) is 1. The Morgan fingerprint density at radius 3 is 2.74 bits per heavy atom. The van der Waals surface area contributed by atoms with Crippen LogP contribution in [0.15, 0.2) is 0 Å². The van der Waals surface area contributed by atoms with Gasteiger partial charge in [0.25, 0.3) is 0 Å². The lowest BCUT2D eigenvalue weighted by atomic mass is 9.94. The summed E-state index contributed by atoms with van der Waals surface area (Å²) in [4.78, 5) is 26.8. The SMILES string of the molecule is CC(CCC1CCCO1)NC(=O)C1CSCN1C(=O)C(C)(C)C. The molecule has 6 heteroatoms. The molecule has 5 nitrogen and oxygen atoms in total. The minimum absolute atomic E-state index is 0.0209. The summed E-state index contributed by atoms with van der Waals surface area (Å²) in [6.45, 7) is 8.60. The molecule has 0 spiro atoms. The highest BCUT2D eigenvalue weighted by Gasteiger charge is 2.39. The average molecular weight is 343 g/mol. The maximum Gasteiger partial charge on any atom is 0.243 e. The van der Waals surface area contributed by atoms with Crippen molar-refractivity contribution in [2.24, 2.45) is 5.41 Å². The Labute approximate surface area is 143 Å². The highest BCUT2D eigenvalue weighted by atomic mass is 32.2. The second kappa shape index (κ2) is 7.88. The van der Waals surface area contributed by atoms with Gasteiger partial charge in [-0.25, -0.2) is 0 Å². The second-order valence-electron chi connectivity index (χ2n) is 7.66. The maximum atomic E-state index is 12.5. The summed E-state index contributed by atoms with van der Waals surface area (Å²) in [6, 6.07) is -0.221. The summed E-state index contributed by atoms with van der Waals surface area (Å²) >= 11 is 1.65. The van der Waals surface area contributed by atoms with E-state index in [9.17, 15) is 9.59 Å². The molecule has 0 aromatic rings. The van der Waals surface area contributed by atoms with Crippen molar-refractivity contribution < 1.29 is 14.3 Å². The predicted molar refractivity (Wildman–Crippen MR) is 93.2 cm³/mol. The van der Waals surface area contributed by atoms with Crippen molar-refractivity contribution in [2.45, 2.75) is 71.6 Å². The van der Waals surface area contributed by atoms with Gasteiger partial charge in [0, 0.05) is 23.8 Å². The molecule has 0 aromatic carbocycles. The van der Waals surface area contributed by atoms with E-state index in [0.717, 1.165) is 32.3 Å². The number of thioether (sulfide) groups is 1. The molecule has 0 saturated carbocycles. The minimum atomic E-state index is -0.450. The Morgan fingerprint density at radius 1 is 1.39 bits per heavy atom. The van der Waals surface area contributed by atoms with Crippen molar-refractivity contribution in [1.82, 2.24) is 10.2 Å². The van der Waals surface area contributed by atoms with Gasteiger partial charge in [0.05, 0.1) is 12.0 Å². The van der Waals surface area contributed by atoms with Gasteiger partial charge in [-0.15, -0.1) is 11.8 Å². The molecule has 3 unspecified atom stereocenters. The van der Waals surface area contributed by atoms with E-state index in [1.807, 2.05) is 27.7 Å². The van der Waals surface area contributed by atoms with Gasteiger partial charge in [-0.05, 0) is 32.6 Å². The lowest BCUT2D eigenvalue weighted by Gasteiger charge is -2.30. The van der Waals surface area contributed by atoms with Crippen LogP contribution in [0.1, 0.15) is 53.4 Å². The molecule has 1 N–H and O–H groups in total. The molecule has 132 valence electrons. The molecule has 23 heavy (non-hydrogen) atoms. The van der Waals surface area contributed by atoms with Crippen molar-refractivity contribution >= 4 is 23.6 Å². The van der Waals surface area contributed by atoms with Gasteiger partial charge in [0.1, 0.15) is 6.04 Å². The summed E-state index contributed by atoms with van der Waals surface area (Å²) in [6.07, 6.45) is 4.55. The van der Waals surface area contributed by atoms with Crippen LogP contribution >= 0.6 is 11.8 Å². The summed E-state index contributed by atoms with van der Waals surface area (Å²) in [7, 11) is 0. The predicted octanol–water partition coefficient (Wildman–Crippen LogP) is 2.40. The topological polar surface area (TPSA) is 58.6 Å². The first-order valence-corrected chi connectivity index (χ1v) is 9.75.